The van der Waals surface area contributed by atoms with Crippen molar-refractivity contribution in [1.82, 2.24) is 0 Å². The van der Waals surface area contributed by atoms with Crippen LogP contribution in [0.1, 0.15) is 68.1 Å². The topological polar surface area (TPSA) is 83.8 Å². The van der Waals surface area contributed by atoms with Gasteiger partial charge in [0, 0.05) is 6.08 Å². The Balaban J connectivity index is 1.97. The molecule has 1 rings (SSSR count). The minimum absolute atomic E-state index is 0.00855. The number of ether oxygens (including phenoxy) is 1. The largest absolute Gasteiger partial charge is 0.488 e. The molecule has 0 aliphatic rings. The molecule has 0 amide bonds. The van der Waals surface area contributed by atoms with Crippen molar-refractivity contribution in [3.05, 3.63) is 42.2 Å². The second kappa shape index (κ2) is 16.1. The van der Waals surface area contributed by atoms with E-state index in [9.17, 15) is 14.0 Å². The van der Waals surface area contributed by atoms with E-state index in [1.165, 1.54) is 55.7 Å². The zero-order valence-corrected chi connectivity index (χ0v) is 18.3. The molecule has 2 N–H and O–H groups in total. The van der Waals surface area contributed by atoms with Crippen molar-refractivity contribution in [2.75, 3.05) is 18.1 Å². The van der Waals surface area contributed by atoms with E-state index in [1.54, 1.807) is 0 Å². The number of unbranched alkanes of at least 4 members (excludes halogenated alkanes) is 8. The quantitative estimate of drug-likeness (QED) is 0.127. The lowest BCUT2D eigenvalue weighted by molar-refractivity contribution is -0.137. The molecule has 0 radical (unpaired) electrons. The molecule has 166 valence electrons. The second-order valence-electron chi connectivity index (χ2n) is 7.14. The summed E-state index contributed by atoms with van der Waals surface area (Å²) in [6, 6.07) is 3.64. The summed E-state index contributed by atoms with van der Waals surface area (Å²) in [5.41, 5.74) is 0.0245. The highest BCUT2D eigenvalue weighted by molar-refractivity contribution is 7.99. The Morgan fingerprint density at radius 3 is 2.20 bits per heavy atom. The molecule has 0 aromatic heterocycles. The van der Waals surface area contributed by atoms with Gasteiger partial charge in [-0.2, -0.15) is 11.8 Å². The van der Waals surface area contributed by atoms with Crippen molar-refractivity contribution in [3.63, 3.8) is 0 Å². The summed E-state index contributed by atoms with van der Waals surface area (Å²) < 4.78 is 18.8. The van der Waals surface area contributed by atoms with Gasteiger partial charge >= 0.3 is 13.1 Å². The summed E-state index contributed by atoms with van der Waals surface area (Å²) in [5.74, 6) is -0.272. The average molecular weight is 438 g/mol. The Hall–Kier alpha value is -1.64. The van der Waals surface area contributed by atoms with E-state index in [0.717, 1.165) is 43.9 Å². The van der Waals surface area contributed by atoms with E-state index < -0.39 is 12.9 Å². The number of thioether (sulfide) groups is 1. The number of halogens is 1. The minimum atomic E-state index is -1.74. The minimum Gasteiger partial charge on any atom is -0.463 e. The highest BCUT2D eigenvalue weighted by atomic mass is 32.2. The third kappa shape index (κ3) is 11.5. The van der Waals surface area contributed by atoms with Gasteiger partial charge in [-0.25, -0.2) is 9.18 Å². The maximum atomic E-state index is 13.9. The van der Waals surface area contributed by atoms with Crippen LogP contribution in [0.5, 0.6) is 0 Å². The van der Waals surface area contributed by atoms with Crippen LogP contribution in [0, 0.1) is 5.82 Å². The van der Waals surface area contributed by atoms with E-state index in [1.807, 2.05) is 0 Å². The third-order valence-corrected chi connectivity index (χ3v) is 5.71. The standard InChI is InChI=1S/C22H32BFO5S/c1-2-22(26)29-14-10-8-6-4-3-5-7-9-11-15-30-17-21(25)19-13-12-18(23(27)28)16-20(19)24/h2,12-13,16,27-28H,1,3-11,14-15,17H2. The Bertz CT molecular complexity index is 669. The summed E-state index contributed by atoms with van der Waals surface area (Å²) in [4.78, 5) is 22.9. The van der Waals surface area contributed by atoms with Crippen LogP contribution in [0.2, 0.25) is 0 Å². The van der Waals surface area contributed by atoms with Crippen LogP contribution in [0.4, 0.5) is 4.39 Å². The smallest absolute Gasteiger partial charge is 0.463 e. The number of ketones is 1. The monoisotopic (exact) mass is 438 g/mol. The van der Waals surface area contributed by atoms with Gasteiger partial charge in [-0.15, -0.1) is 0 Å². The molecule has 0 fully saturated rings. The molecule has 30 heavy (non-hydrogen) atoms. The lowest BCUT2D eigenvalue weighted by atomic mass is 9.80. The van der Waals surface area contributed by atoms with Crippen molar-refractivity contribution in [2.45, 2.75) is 57.8 Å². The number of benzene rings is 1. The van der Waals surface area contributed by atoms with Gasteiger partial charge in [0.15, 0.2) is 5.78 Å². The van der Waals surface area contributed by atoms with Crippen LogP contribution in [0.15, 0.2) is 30.9 Å². The van der Waals surface area contributed by atoms with Crippen LogP contribution < -0.4 is 5.46 Å². The molecule has 1 aromatic rings. The molecule has 0 unspecified atom stereocenters. The van der Waals surface area contributed by atoms with Gasteiger partial charge in [-0.05, 0) is 36.2 Å². The number of Topliss-reactive ketones (excluding diaryl/α,β-unsaturated/α-hetero) is 1. The Morgan fingerprint density at radius 1 is 1.03 bits per heavy atom. The number of rotatable bonds is 17. The van der Waals surface area contributed by atoms with Gasteiger partial charge in [0.2, 0.25) is 0 Å². The van der Waals surface area contributed by atoms with Crippen LogP contribution in [0.25, 0.3) is 0 Å². The maximum absolute atomic E-state index is 13.9. The first-order valence-electron chi connectivity index (χ1n) is 10.5. The lowest BCUT2D eigenvalue weighted by Gasteiger charge is -2.06. The van der Waals surface area contributed by atoms with Crippen molar-refractivity contribution in [2.24, 2.45) is 0 Å². The number of carbonyl (C=O) groups is 2. The SMILES string of the molecule is C=CC(=O)OCCCCCCCCCCCSCC(=O)c1ccc(B(O)O)cc1F. The van der Waals surface area contributed by atoms with Crippen molar-refractivity contribution >= 4 is 36.1 Å². The zero-order chi connectivity index (χ0) is 22.2. The summed E-state index contributed by atoms with van der Waals surface area (Å²) in [6.45, 7) is 3.82. The molecule has 0 aliphatic carbocycles. The molecule has 0 saturated carbocycles. The molecule has 1 aromatic carbocycles. The summed E-state index contributed by atoms with van der Waals surface area (Å²) in [7, 11) is -1.74. The predicted octanol–water partition coefficient (Wildman–Crippen LogP) is 3.66. The zero-order valence-electron chi connectivity index (χ0n) is 17.5. The Morgan fingerprint density at radius 2 is 1.63 bits per heavy atom. The van der Waals surface area contributed by atoms with E-state index in [4.69, 9.17) is 14.8 Å². The second-order valence-corrected chi connectivity index (χ2v) is 8.25. The summed E-state index contributed by atoms with van der Waals surface area (Å²) >= 11 is 1.50. The Kier molecular flexibility index (Phi) is 14.2. The van der Waals surface area contributed by atoms with Gasteiger partial charge in [0.1, 0.15) is 5.82 Å². The van der Waals surface area contributed by atoms with Crippen LogP contribution in [0.3, 0.4) is 0 Å². The van der Waals surface area contributed by atoms with Crippen molar-refractivity contribution in [1.29, 1.82) is 0 Å². The highest BCUT2D eigenvalue weighted by Crippen LogP contribution is 2.14. The van der Waals surface area contributed by atoms with E-state index in [0.29, 0.717) is 6.61 Å². The molecular weight excluding hydrogens is 406 g/mol. The third-order valence-electron chi connectivity index (χ3n) is 4.67. The molecule has 0 bridgehead atoms. The first-order chi connectivity index (χ1) is 14.5. The van der Waals surface area contributed by atoms with Gasteiger partial charge in [0.25, 0.3) is 0 Å². The first-order valence-corrected chi connectivity index (χ1v) is 11.7. The van der Waals surface area contributed by atoms with Gasteiger partial charge in [-0.1, -0.05) is 57.6 Å². The van der Waals surface area contributed by atoms with Crippen molar-refractivity contribution in [3.8, 4) is 0 Å². The number of hydrogen-bond acceptors (Lipinski definition) is 6. The molecule has 0 aliphatic heterocycles. The number of esters is 1. The van der Waals surface area contributed by atoms with E-state index in [2.05, 4.69) is 6.58 Å². The Labute approximate surface area is 183 Å². The molecule has 0 heterocycles. The molecule has 8 heteroatoms. The lowest BCUT2D eigenvalue weighted by Crippen LogP contribution is -2.30. The molecule has 0 spiro atoms. The summed E-state index contributed by atoms with van der Waals surface area (Å²) in [6.07, 6.45) is 11.2. The van der Waals surface area contributed by atoms with Crippen LogP contribution in [-0.2, 0) is 9.53 Å². The maximum Gasteiger partial charge on any atom is 0.488 e. The van der Waals surface area contributed by atoms with Gasteiger partial charge < -0.3 is 14.8 Å². The molecule has 0 atom stereocenters. The van der Waals surface area contributed by atoms with E-state index >= 15 is 0 Å². The highest BCUT2D eigenvalue weighted by Gasteiger charge is 2.17. The number of carbonyl (C=O) groups excluding carboxylic acids is 2. The number of hydrogen-bond donors (Lipinski definition) is 2. The first kappa shape index (κ1) is 26.4. The fourth-order valence-corrected chi connectivity index (χ4v) is 3.83. The molecular formula is C22H32BFO5S. The van der Waals surface area contributed by atoms with E-state index in [-0.39, 0.29) is 28.5 Å². The normalized spacial score (nSPS) is 10.6. The fourth-order valence-electron chi connectivity index (χ4n) is 2.94. The average Bonchev–Trinajstić information content (AvgIpc) is 2.73. The van der Waals surface area contributed by atoms with Gasteiger partial charge in [-0.3, -0.25) is 4.79 Å². The van der Waals surface area contributed by atoms with Gasteiger partial charge in [0.05, 0.1) is 17.9 Å². The fraction of sp³-hybridized carbons (Fsp3) is 0.545. The van der Waals surface area contributed by atoms with Crippen LogP contribution in [-0.4, -0.2) is 47.0 Å². The molecule has 5 nitrogen and oxygen atoms in total. The predicted molar refractivity (Wildman–Crippen MR) is 121 cm³/mol. The van der Waals surface area contributed by atoms with Crippen LogP contribution >= 0.6 is 11.8 Å². The summed E-state index contributed by atoms with van der Waals surface area (Å²) in [5, 5.41) is 18.0. The van der Waals surface area contributed by atoms with Crippen molar-refractivity contribution < 1.29 is 28.8 Å². The molecule has 0 saturated heterocycles.